The van der Waals surface area contributed by atoms with Crippen molar-refractivity contribution in [3.63, 3.8) is 0 Å². The van der Waals surface area contributed by atoms with Gasteiger partial charge >= 0.3 is 6.18 Å². The summed E-state index contributed by atoms with van der Waals surface area (Å²) >= 11 is 0. The van der Waals surface area contributed by atoms with Gasteiger partial charge in [-0.15, -0.1) is 0 Å². The molecule has 3 heteroatoms. The quantitative estimate of drug-likeness (QED) is 0.686. The third kappa shape index (κ3) is 2.77. The van der Waals surface area contributed by atoms with Crippen molar-refractivity contribution in [2.24, 2.45) is 5.92 Å². The highest BCUT2D eigenvalue weighted by molar-refractivity contribution is 5.34. The Morgan fingerprint density at radius 3 is 2.00 bits per heavy atom. The number of alkyl halides is 3. The van der Waals surface area contributed by atoms with E-state index in [2.05, 4.69) is 13.8 Å². The van der Waals surface area contributed by atoms with Crippen LogP contribution in [0, 0.1) is 12.8 Å². The van der Waals surface area contributed by atoms with Crippen LogP contribution in [0.25, 0.3) is 0 Å². The predicted octanol–water partition coefficient (Wildman–Crippen LogP) is 4.77. The lowest BCUT2D eigenvalue weighted by molar-refractivity contribution is -0.137. The number of hydrogen-bond donors (Lipinski definition) is 0. The SMILES string of the molecule is Cc1cc(C(F)(F)F)ccc1[C@@H](C)C(C)C. The van der Waals surface area contributed by atoms with E-state index >= 15 is 0 Å². The minimum atomic E-state index is -4.25. The second-order valence-electron chi connectivity index (χ2n) is 4.60. The molecule has 0 spiro atoms. The van der Waals surface area contributed by atoms with E-state index in [4.69, 9.17) is 0 Å². The molecule has 0 radical (unpaired) electrons. The molecule has 0 unspecified atom stereocenters. The largest absolute Gasteiger partial charge is 0.416 e. The van der Waals surface area contributed by atoms with Crippen LogP contribution < -0.4 is 0 Å². The molecule has 0 aliphatic carbocycles. The lowest BCUT2D eigenvalue weighted by atomic mass is 9.87. The van der Waals surface area contributed by atoms with Crippen LogP contribution in [0.2, 0.25) is 0 Å². The number of benzene rings is 1. The summed E-state index contributed by atoms with van der Waals surface area (Å²) < 4.78 is 37.4. The van der Waals surface area contributed by atoms with E-state index in [0.29, 0.717) is 5.92 Å². The van der Waals surface area contributed by atoms with Crippen LogP contribution in [-0.2, 0) is 6.18 Å². The Kier molecular flexibility index (Phi) is 3.66. The highest BCUT2D eigenvalue weighted by atomic mass is 19.4. The van der Waals surface area contributed by atoms with Gasteiger partial charge in [0.2, 0.25) is 0 Å². The lowest BCUT2D eigenvalue weighted by Gasteiger charge is -2.19. The Balaban J connectivity index is 3.10. The monoisotopic (exact) mass is 230 g/mol. The van der Waals surface area contributed by atoms with Gasteiger partial charge in [-0.25, -0.2) is 0 Å². The van der Waals surface area contributed by atoms with E-state index in [1.54, 1.807) is 13.0 Å². The first-order valence-corrected chi connectivity index (χ1v) is 5.41. The van der Waals surface area contributed by atoms with Crippen LogP contribution >= 0.6 is 0 Å². The molecule has 90 valence electrons. The van der Waals surface area contributed by atoms with Gasteiger partial charge in [-0.3, -0.25) is 0 Å². The summed E-state index contributed by atoms with van der Waals surface area (Å²) in [5, 5.41) is 0. The second-order valence-corrected chi connectivity index (χ2v) is 4.60. The minimum Gasteiger partial charge on any atom is -0.166 e. The zero-order chi connectivity index (χ0) is 12.5. The maximum absolute atomic E-state index is 12.5. The van der Waals surface area contributed by atoms with Crippen molar-refractivity contribution in [1.82, 2.24) is 0 Å². The lowest BCUT2D eigenvalue weighted by Crippen LogP contribution is -2.08. The van der Waals surface area contributed by atoms with Crippen molar-refractivity contribution in [1.29, 1.82) is 0 Å². The van der Waals surface area contributed by atoms with Crippen LogP contribution in [-0.4, -0.2) is 0 Å². The summed E-state index contributed by atoms with van der Waals surface area (Å²) in [4.78, 5) is 0. The third-order valence-electron chi connectivity index (χ3n) is 3.09. The predicted molar refractivity (Wildman–Crippen MR) is 59.4 cm³/mol. The van der Waals surface area contributed by atoms with Gasteiger partial charge in [0.1, 0.15) is 0 Å². The topological polar surface area (TPSA) is 0 Å². The van der Waals surface area contributed by atoms with Gasteiger partial charge < -0.3 is 0 Å². The average molecular weight is 230 g/mol. The molecule has 0 saturated heterocycles. The maximum Gasteiger partial charge on any atom is 0.416 e. The summed E-state index contributed by atoms with van der Waals surface area (Å²) in [6, 6.07) is 4.00. The van der Waals surface area contributed by atoms with Gasteiger partial charge in [0.05, 0.1) is 5.56 Å². The first kappa shape index (κ1) is 13.1. The Labute approximate surface area is 94.5 Å². The molecule has 0 aliphatic heterocycles. The zero-order valence-corrected chi connectivity index (χ0v) is 10.0. The van der Waals surface area contributed by atoms with Crippen LogP contribution in [0.5, 0.6) is 0 Å². The molecule has 0 nitrogen and oxygen atoms in total. The van der Waals surface area contributed by atoms with Gasteiger partial charge in [0.25, 0.3) is 0 Å². The Hall–Kier alpha value is -0.990. The van der Waals surface area contributed by atoms with Gasteiger partial charge in [0, 0.05) is 0 Å². The van der Waals surface area contributed by atoms with Crippen molar-refractivity contribution in [3.8, 4) is 0 Å². The molecule has 0 heterocycles. The van der Waals surface area contributed by atoms with Crippen LogP contribution in [0.15, 0.2) is 18.2 Å². The molecular formula is C13H17F3. The molecule has 0 aliphatic rings. The van der Waals surface area contributed by atoms with Crippen molar-refractivity contribution in [2.75, 3.05) is 0 Å². The zero-order valence-electron chi connectivity index (χ0n) is 10.0. The van der Waals surface area contributed by atoms with Gasteiger partial charge in [-0.1, -0.05) is 26.8 Å². The fourth-order valence-electron chi connectivity index (χ4n) is 1.72. The Morgan fingerprint density at radius 2 is 1.62 bits per heavy atom. The molecule has 1 aromatic rings. The second kappa shape index (κ2) is 4.48. The van der Waals surface area contributed by atoms with Gasteiger partial charge in [-0.05, 0) is 42.0 Å². The number of hydrogen-bond acceptors (Lipinski definition) is 0. The van der Waals surface area contributed by atoms with E-state index in [9.17, 15) is 13.2 Å². The Bertz CT molecular complexity index is 364. The van der Waals surface area contributed by atoms with E-state index < -0.39 is 11.7 Å². The summed E-state index contributed by atoms with van der Waals surface area (Å²) in [6.07, 6.45) is -4.25. The highest BCUT2D eigenvalue weighted by Crippen LogP contribution is 2.33. The number of rotatable bonds is 2. The van der Waals surface area contributed by atoms with Crippen LogP contribution in [0.3, 0.4) is 0 Å². The van der Waals surface area contributed by atoms with Crippen molar-refractivity contribution in [2.45, 2.75) is 39.8 Å². The average Bonchev–Trinajstić information content (AvgIpc) is 2.15. The molecule has 0 N–H and O–H groups in total. The van der Waals surface area contributed by atoms with Gasteiger partial charge in [0.15, 0.2) is 0 Å². The molecule has 1 atom stereocenters. The number of halogens is 3. The molecule has 16 heavy (non-hydrogen) atoms. The molecule has 0 saturated carbocycles. The van der Waals surface area contributed by atoms with Crippen LogP contribution in [0.1, 0.15) is 43.4 Å². The van der Waals surface area contributed by atoms with E-state index in [0.717, 1.165) is 11.1 Å². The molecule has 0 aromatic heterocycles. The standard InChI is InChI=1S/C13H17F3/c1-8(2)10(4)12-6-5-11(7-9(12)3)13(14,15)16/h5-8,10H,1-4H3/t10-/m0/s1. The molecule has 0 bridgehead atoms. The van der Waals surface area contributed by atoms with Gasteiger partial charge in [-0.2, -0.15) is 13.2 Å². The maximum atomic E-state index is 12.5. The first-order valence-electron chi connectivity index (χ1n) is 5.41. The van der Waals surface area contributed by atoms with E-state index in [1.807, 2.05) is 6.92 Å². The van der Waals surface area contributed by atoms with Crippen LogP contribution in [0.4, 0.5) is 13.2 Å². The highest BCUT2D eigenvalue weighted by Gasteiger charge is 2.30. The molecule has 0 fully saturated rings. The fourth-order valence-corrected chi connectivity index (χ4v) is 1.72. The van der Waals surface area contributed by atoms with Crippen molar-refractivity contribution in [3.05, 3.63) is 34.9 Å². The number of aryl methyl sites for hydroxylation is 1. The summed E-state index contributed by atoms with van der Waals surface area (Å²) in [7, 11) is 0. The molecule has 1 aromatic carbocycles. The molecule has 0 amide bonds. The van der Waals surface area contributed by atoms with Crippen molar-refractivity contribution >= 4 is 0 Å². The molecule has 1 rings (SSSR count). The normalized spacial score (nSPS) is 14.2. The fraction of sp³-hybridized carbons (Fsp3) is 0.538. The Morgan fingerprint density at radius 1 is 1.06 bits per heavy atom. The first-order chi connectivity index (χ1) is 7.23. The summed E-state index contributed by atoms with van der Waals surface area (Å²) in [6.45, 7) is 7.92. The third-order valence-corrected chi connectivity index (χ3v) is 3.09. The summed E-state index contributed by atoms with van der Waals surface area (Å²) in [5.74, 6) is 0.706. The smallest absolute Gasteiger partial charge is 0.166 e. The molecular weight excluding hydrogens is 213 g/mol. The minimum absolute atomic E-state index is 0.280. The summed E-state index contributed by atoms with van der Waals surface area (Å²) in [5.41, 5.74) is 1.16. The van der Waals surface area contributed by atoms with E-state index in [1.165, 1.54) is 12.1 Å². The van der Waals surface area contributed by atoms with Crippen molar-refractivity contribution < 1.29 is 13.2 Å². The van der Waals surface area contributed by atoms with E-state index in [-0.39, 0.29) is 5.92 Å².